The maximum absolute atomic E-state index is 11.2. The number of ether oxygens (including phenoxy) is 1. The normalized spacial score (nSPS) is 19.1. The molecule has 1 aromatic heterocycles. The number of carbonyl (C=O) groups excluding carboxylic acids is 2. The van der Waals surface area contributed by atoms with Gasteiger partial charge in [-0.2, -0.15) is 0 Å². The minimum absolute atomic E-state index is 0.128. The van der Waals surface area contributed by atoms with Gasteiger partial charge >= 0.3 is 5.97 Å². The summed E-state index contributed by atoms with van der Waals surface area (Å²) in [7, 11) is 0. The molecule has 2 heterocycles. The van der Waals surface area contributed by atoms with Crippen LogP contribution in [0.1, 0.15) is 4.88 Å². The molecule has 0 atom stereocenters. The van der Waals surface area contributed by atoms with Crippen molar-refractivity contribution in [1.82, 2.24) is 0 Å². The van der Waals surface area contributed by atoms with Crippen molar-refractivity contribution in [1.29, 1.82) is 0 Å². The monoisotopic (exact) mass is 272 g/mol. The Morgan fingerprint density at radius 2 is 2.21 bits per heavy atom. The second kappa shape index (κ2) is 3.67. The minimum atomic E-state index is -0.528. The maximum atomic E-state index is 11.2. The van der Waals surface area contributed by atoms with Crippen molar-refractivity contribution in [3.63, 3.8) is 0 Å². The van der Waals surface area contributed by atoms with Gasteiger partial charge in [-0.25, -0.2) is 4.79 Å². The Balaban J connectivity index is 2.34. The number of halogens is 1. The van der Waals surface area contributed by atoms with Gasteiger partial charge in [0.1, 0.15) is 5.57 Å². The highest BCUT2D eigenvalue weighted by atomic mass is 79.9. The number of ketones is 1. The highest BCUT2D eigenvalue weighted by molar-refractivity contribution is 9.11. The summed E-state index contributed by atoms with van der Waals surface area (Å²) in [6.45, 7) is -0.128. The van der Waals surface area contributed by atoms with E-state index in [1.807, 2.05) is 12.1 Å². The van der Waals surface area contributed by atoms with E-state index < -0.39 is 5.97 Å². The number of carbonyl (C=O) groups is 2. The average molecular weight is 273 g/mol. The summed E-state index contributed by atoms with van der Waals surface area (Å²) in [6, 6.07) is 3.70. The summed E-state index contributed by atoms with van der Waals surface area (Å²) < 4.78 is 5.55. The molecule has 14 heavy (non-hydrogen) atoms. The van der Waals surface area contributed by atoms with Crippen LogP contribution in [-0.2, 0) is 14.3 Å². The number of thiophene rings is 1. The van der Waals surface area contributed by atoms with Crippen LogP contribution in [0, 0.1) is 0 Å². The van der Waals surface area contributed by atoms with Crippen molar-refractivity contribution < 1.29 is 14.3 Å². The summed E-state index contributed by atoms with van der Waals surface area (Å²) in [5.74, 6) is -0.779. The second-order valence-corrected chi connectivity index (χ2v) is 5.19. The van der Waals surface area contributed by atoms with E-state index in [0.29, 0.717) is 0 Å². The van der Waals surface area contributed by atoms with Crippen molar-refractivity contribution >= 4 is 45.1 Å². The molecule has 0 aromatic carbocycles. The second-order valence-electron chi connectivity index (χ2n) is 2.70. The van der Waals surface area contributed by atoms with Crippen LogP contribution in [0.3, 0.4) is 0 Å². The Hall–Kier alpha value is -0.940. The van der Waals surface area contributed by atoms with Crippen LogP contribution in [0.4, 0.5) is 0 Å². The van der Waals surface area contributed by atoms with Gasteiger partial charge in [0.25, 0.3) is 0 Å². The van der Waals surface area contributed by atoms with Crippen LogP contribution < -0.4 is 0 Å². The molecule has 5 heteroatoms. The highest BCUT2D eigenvalue weighted by Gasteiger charge is 2.27. The fourth-order valence-electron chi connectivity index (χ4n) is 1.09. The van der Waals surface area contributed by atoms with E-state index in [1.54, 1.807) is 6.08 Å². The lowest BCUT2D eigenvalue weighted by Gasteiger charge is -1.87. The molecule has 0 bridgehead atoms. The number of cyclic esters (lactones) is 1. The molecule has 1 aliphatic rings. The van der Waals surface area contributed by atoms with E-state index >= 15 is 0 Å². The molecule has 1 saturated heterocycles. The molecule has 0 N–H and O–H groups in total. The summed E-state index contributed by atoms with van der Waals surface area (Å²) in [6.07, 6.45) is 1.56. The molecule has 3 nitrogen and oxygen atoms in total. The molecule has 0 saturated carbocycles. The number of esters is 1. The Morgan fingerprint density at radius 1 is 1.43 bits per heavy atom. The zero-order valence-corrected chi connectivity index (χ0v) is 9.35. The SMILES string of the molecule is O=C1COC(=O)C1=Cc1ccc(Br)s1. The molecule has 0 radical (unpaired) electrons. The molecule has 0 amide bonds. The van der Waals surface area contributed by atoms with E-state index in [1.165, 1.54) is 11.3 Å². The third-order valence-electron chi connectivity index (χ3n) is 1.74. The van der Waals surface area contributed by atoms with Gasteiger partial charge in [0.15, 0.2) is 6.61 Å². The molecule has 72 valence electrons. The van der Waals surface area contributed by atoms with Crippen LogP contribution in [-0.4, -0.2) is 18.4 Å². The predicted molar refractivity (Wildman–Crippen MR) is 56.0 cm³/mol. The molecular weight excluding hydrogens is 268 g/mol. The van der Waals surface area contributed by atoms with Crippen molar-refractivity contribution in [2.24, 2.45) is 0 Å². The first kappa shape index (κ1) is 9.61. The summed E-state index contributed by atoms with van der Waals surface area (Å²) in [5.41, 5.74) is 0.138. The summed E-state index contributed by atoms with van der Waals surface area (Å²) in [5, 5.41) is 0. The summed E-state index contributed by atoms with van der Waals surface area (Å²) >= 11 is 4.76. The summed E-state index contributed by atoms with van der Waals surface area (Å²) in [4.78, 5) is 23.1. The van der Waals surface area contributed by atoms with E-state index in [2.05, 4.69) is 20.7 Å². The molecule has 0 unspecified atom stereocenters. The molecule has 0 spiro atoms. The van der Waals surface area contributed by atoms with Gasteiger partial charge in [-0.3, -0.25) is 4.79 Å². The fraction of sp³-hybridized carbons (Fsp3) is 0.111. The van der Waals surface area contributed by atoms with Crippen molar-refractivity contribution in [2.75, 3.05) is 6.61 Å². The smallest absolute Gasteiger partial charge is 0.342 e. The Labute approximate surface area is 92.5 Å². The number of hydrogen-bond donors (Lipinski definition) is 0. The average Bonchev–Trinajstić information content (AvgIpc) is 2.67. The zero-order chi connectivity index (χ0) is 10.1. The van der Waals surface area contributed by atoms with Crippen molar-refractivity contribution in [2.45, 2.75) is 0 Å². The third-order valence-corrected chi connectivity index (χ3v) is 3.31. The van der Waals surface area contributed by atoms with Gasteiger partial charge in [0.2, 0.25) is 5.78 Å². The van der Waals surface area contributed by atoms with Gasteiger partial charge in [-0.1, -0.05) is 0 Å². The van der Waals surface area contributed by atoms with E-state index in [4.69, 9.17) is 0 Å². The first-order valence-corrected chi connectivity index (χ1v) is 5.45. The van der Waals surface area contributed by atoms with Crippen LogP contribution in [0.15, 0.2) is 21.5 Å². The zero-order valence-electron chi connectivity index (χ0n) is 6.95. The number of Topliss-reactive ketones (excluding diaryl/α,β-unsaturated/α-hetero) is 1. The standard InChI is InChI=1S/C9H5BrO3S/c10-8-2-1-5(14-8)3-6-7(11)4-13-9(6)12/h1-3H,4H2. The van der Waals surface area contributed by atoms with Crippen LogP contribution in [0.25, 0.3) is 6.08 Å². The van der Waals surface area contributed by atoms with E-state index in [0.717, 1.165) is 8.66 Å². The highest BCUT2D eigenvalue weighted by Crippen LogP contribution is 2.25. The first-order valence-electron chi connectivity index (χ1n) is 3.84. The third kappa shape index (κ3) is 1.78. The quantitative estimate of drug-likeness (QED) is 0.446. The van der Waals surface area contributed by atoms with Gasteiger partial charge in [0.05, 0.1) is 3.79 Å². The van der Waals surface area contributed by atoms with Gasteiger partial charge in [-0.15, -0.1) is 11.3 Å². The fourth-order valence-corrected chi connectivity index (χ4v) is 2.45. The van der Waals surface area contributed by atoms with Crippen LogP contribution in [0.2, 0.25) is 0 Å². The van der Waals surface area contributed by atoms with Gasteiger partial charge in [0, 0.05) is 4.88 Å². The van der Waals surface area contributed by atoms with Crippen molar-refractivity contribution in [3.05, 3.63) is 26.4 Å². The molecule has 1 fully saturated rings. The van der Waals surface area contributed by atoms with Crippen LogP contribution in [0.5, 0.6) is 0 Å². The van der Waals surface area contributed by atoms with Gasteiger partial charge < -0.3 is 4.74 Å². The molecule has 1 aromatic rings. The largest absolute Gasteiger partial charge is 0.454 e. The maximum Gasteiger partial charge on any atom is 0.342 e. The lowest BCUT2D eigenvalue weighted by atomic mass is 10.2. The Bertz CT molecular complexity index is 415. The Kier molecular flexibility index (Phi) is 2.52. The predicted octanol–water partition coefficient (Wildman–Crippen LogP) is 2.02. The van der Waals surface area contributed by atoms with E-state index in [9.17, 15) is 9.59 Å². The molecule has 2 rings (SSSR count). The minimum Gasteiger partial charge on any atom is -0.454 e. The molecular formula is C9H5BrO3S. The van der Waals surface area contributed by atoms with Crippen molar-refractivity contribution in [3.8, 4) is 0 Å². The lowest BCUT2D eigenvalue weighted by molar-refractivity contribution is -0.135. The first-order chi connectivity index (χ1) is 6.66. The van der Waals surface area contributed by atoms with Gasteiger partial charge in [-0.05, 0) is 34.1 Å². The van der Waals surface area contributed by atoms with Crippen LogP contribution >= 0.6 is 27.3 Å². The topological polar surface area (TPSA) is 43.4 Å². The number of rotatable bonds is 1. The molecule has 1 aliphatic heterocycles. The lowest BCUT2D eigenvalue weighted by Crippen LogP contribution is -1.99. The Morgan fingerprint density at radius 3 is 2.71 bits per heavy atom. The molecule has 0 aliphatic carbocycles. The number of hydrogen-bond acceptors (Lipinski definition) is 4. The van der Waals surface area contributed by atoms with E-state index in [-0.39, 0.29) is 18.0 Å².